The van der Waals surface area contributed by atoms with E-state index in [9.17, 15) is 19.2 Å². The van der Waals surface area contributed by atoms with Crippen LogP contribution in [0.15, 0.2) is 321 Å². The molecular formula is C107H112N32O4S. The minimum absolute atomic E-state index is 0.0290. The van der Waals surface area contributed by atoms with Gasteiger partial charge in [-0.3, -0.25) is 63.1 Å². The minimum atomic E-state index is -0.466. The number of amidine groups is 1. The van der Waals surface area contributed by atoms with Gasteiger partial charge >= 0.3 is 11.4 Å². The highest BCUT2D eigenvalue weighted by molar-refractivity contribution is 8.14. The Bertz CT molecular complexity index is 7880. The van der Waals surface area contributed by atoms with Crippen molar-refractivity contribution >= 4 is 97.5 Å². The van der Waals surface area contributed by atoms with Crippen molar-refractivity contribution in [3.63, 3.8) is 0 Å². The molecule has 2 fully saturated rings. The number of hydrogen-bond acceptors (Lipinski definition) is 25. The van der Waals surface area contributed by atoms with Gasteiger partial charge in [0.15, 0.2) is 5.65 Å². The van der Waals surface area contributed by atoms with E-state index in [0.717, 1.165) is 127 Å². The highest BCUT2D eigenvalue weighted by Gasteiger charge is 2.49. The number of amides is 1. The summed E-state index contributed by atoms with van der Waals surface area (Å²) in [6, 6.07) is 78.5. The van der Waals surface area contributed by atoms with Gasteiger partial charge < -0.3 is 42.2 Å². The molecule has 0 spiro atoms. The number of aliphatic imine (C=N–C) groups is 3. The second-order valence-corrected chi connectivity index (χ2v) is 39.5. The summed E-state index contributed by atoms with van der Waals surface area (Å²) in [4.78, 5) is 93.8. The van der Waals surface area contributed by atoms with Crippen LogP contribution in [0.3, 0.4) is 0 Å². The average molecular weight is 1940 g/mol. The van der Waals surface area contributed by atoms with Crippen LogP contribution in [0.5, 0.6) is 0 Å². The second-order valence-electron chi connectivity index (χ2n) is 38.5. The number of aromatic nitrogens is 19. The average Bonchev–Trinajstić information content (AvgIpc) is 1.57. The Hall–Kier alpha value is -17.3. The SMILES string of the molecule is CN1C(=O)c2c(cn(Cc3ccc(-n4cncn4)cc3)c2Nc2ccccc2)N2C1=N[C@@H]1CCC[C@@H]12.Cn1c(=N)c2c(Nc3ccccc3)n(Cc3ccc(-n4cncn4)cc3)nc2n(CC(C)(C)C)c1=O.Cn1c(=O)c(C(=NCc2ccc(-n3cncn3)cc2)Sc2ccccc2)c(N)n(CC(C)(C)C)c1=O.N=c1c(C(=NCc2ccc(-c3ccccn3)cc2)Nc2ccccc2)c(N)nc2n1[C@H]1CCC[C@H]1N2. The Balaban J connectivity index is 0.000000121. The number of carbonyl (C=O) groups is 1. The second kappa shape index (κ2) is 41.3. The molecule has 12 heterocycles. The third-order valence-electron chi connectivity index (χ3n) is 25.7. The quantitative estimate of drug-likeness (QED) is 0.0177. The molecule has 36 nitrogen and oxygen atoms in total. The van der Waals surface area contributed by atoms with Crippen LogP contribution < -0.4 is 65.5 Å². The highest BCUT2D eigenvalue weighted by atomic mass is 32.2. The van der Waals surface area contributed by atoms with Crippen LogP contribution in [0.1, 0.15) is 130 Å². The number of fused-ring (bicyclic) bond motifs is 9. The summed E-state index contributed by atoms with van der Waals surface area (Å²) in [5, 5.41) is 50.2. The maximum atomic E-state index is 13.7. The van der Waals surface area contributed by atoms with Crippen LogP contribution in [0.25, 0.3) is 39.4 Å². The zero-order valence-corrected chi connectivity index (χ0v) is 82.2. The molecule has 8 aromatic carbocycles. The first-order valence-electron chi connectivity index (χ1n) is 47.8. The predicted octanol–water partition coefficient (Wildman–Crippen LogP) is 15.6. The zero-order chi connectivity index (χ0) is 100. The number of nitrogens with one attached hydrogen (secondary N) is 6. The van der Waals surface area contributed by atoms with Crippen molar-refractivity contribution in [1.82, 2.24) is 96.3 Å². The molecular weight excluding hydrogens is 1830 g/mol. The van der Waals surface area contributed by atoms with Crippen molar-refractivity contribution in [2.75, 3.05) is 44.7 Å². The monoisotopic (exact) mass is 1940 g/mol. The lowest BCUT2D eigenvalue weighted by Crippen LogP contribution is -2.51. The number of nitrogen functional groups attached to an aromatic ring is 2. The standard InChI is InChI=1S/C28H28N8.C27H26N8O.C26H29N9O.C26H29N7O2S/c29-25-24(26(30)36-23-11-6-10-22(23)34-28(36)35-25)27(33-20-7-2-1-3-8-20)32-17-18-12-14-19(15-13-18)21-9-4-5-16-31-21;1-32-26(36)24-23(35-22-9-5-8-21(22)31-27(32)35)15-33(25(24)30-19-6-3-2-4-7-19)14-18-10-12-20(13-11-18)34-17-28-16-29-34;1-26(2,3)15-33-24-21(22(27)32(4)25(33)36)23(30-19-8-6-5-7-9-19)34(31-24)14-18-10-12-20(13-11-18)35-17-28-16-29-35;1-26(2,3)15-32-22(27)21(24(34)31(4)25(32)35)23(36-20-8-6-5-7-9-20)29-14-18-10-12-19(13-11-18)33-17-28-16-30-33/h1-5,7-9,12-16,22-23,30H,6,10-11,17,29H2,(H,32,33)(H,34,35);2-4,6-7,10-13,15-17,21-22,30H,5,8-9,14H2,1H3;5-13,16-17,27,30H,14-15H2,1-4H3;5-13,16-17H,14-15,27H2,1-4H3/t22-,23+;21-,22+;;/m11../s1. The molecule has 2 aliphatic carbocycles. The molecule has 37 heteroatoms. The fraction of sp³-hybridized carbons (Fsp3) is 0.252. The third kappa shape index (κ3) is 20.7. The summed E-state index contributed by atoms with van der Waals surface area (Å²) in [7, 11) is 4.95. The maximum absolute atomic E-state index is 13.7. The first-order valence-corrected chi connectivity index (χ1v) is 48.6. The van der Waals surface area contributed by atoms with E-state index < -0.39 is 11.2 Å². The van der Waals surface area contributed by atoms with E-state index in [2.05, 4.69) is 134 Å². The molecule has 2 saturated carbocycles. The van der Waals surface area contributed by atoms with E-state index in [1.165, 1.54) is 53.3 Å². The normalized spacial score (nSPS) is 15.6. The van der Waals surface area contributed by atoms with Crippen LogP contribution >= 0.6 is 11.8 Å². The molecule has 0 saturated heterocycles. The summed E-state index contributed by atoms with van der Waals surface area (Å²) < 4.78 is 16.7. The number of rotatable bonds is 22. The molecule has 22 rings (SSSR count). The third-order valence-corrected chi connectivity index (χ3v) is 26.7. The molecule has 1 amide bonds. The van der Waals surface area contributed by atoms with Gasteiger partial charge in [-0.25, -0.2) is 48.3 Å². The van der Waals surface area contributed by atoms with Gasteiger partial charge in [0, 0.05) is 86.7 Å². The number of nitrogens with zero attached hydrogens (tertiary/aromatic N) is 24. The summed E-state index contributed by atoms with van der Waals surface area (Å²) in [5.74, 6) is 3.87. The number of guanidine groups is 1. The smallest absolute Gasteiger partial charge is 0.332 e. The molecule has 0 unspecified atom stereocenters. The Kier molecular flexibility index (Phi) is 27.4. The molecule has 3 aliphatic heterocycles. The largest absolute Gasteiger partial charge is 0.384 e. The molecule has 730 valence electrons. The Morgan fingerprint density at radius 1 is 0.542 bits per heavy atom. The summed E-state index contributed by atoms with van der Waals surface area (Å²) in [6.07, 6.45) is 20.0. The molecule has 0 radical (unpaired) electrons. The van der Waals surface area contributed by atoms with E-state index >= 15 is 0 Å². The number of para-hydroxylation sites is 3. The van der Waals surface area contributed by atoms with Gasteiger partial charge in [-0.2, -0.15) is 25.4 Å². The summed E-state index contributed by atoms with van der Waals surface area (Å²) >= 11 is 1.35. The van der Waals surface area contributed by atoms with E-state index in [-0.39, 0.29) is 51.4 Å². The van der Waals surface area contributed by atoms with E-state index in [1.54, 1.807) is 55.7 Å². The van der Waals surface area contributed by atoms with E-state index in [4.69, 9.17) is 42.4 Å². The molecule has 144 heavy (non-hydrogen) atoms. The van der Waals surface area contributed by atoms with Gasteiger partial charge in [0.05, 0.1) is 66.2 Å². The Morgan fingerprint density at radius 2 is 1.06 bits per heavy atom. The van der Waals surface area contributed by atoms with Crippen LogP contribution in [0.2, 0.25) is 0 Å². The molecule has 9 aromatic heterocycles. The number of benzene rings is 8. The van der Waals surface area contributed by atoms with Crippen molar-refractivity contribution in [2.45, 2.75) is 148 Å². The van der Waals surface area contributed by atoms with E-state index in [1.807, 2.05) is 237 Å². The lowest BCUT2D eigenvalue weighted by Gasteiger charge is -2.35. The fourth-order valence-corrected chi connectivity index (χ4v) is 19.6. The Labute approximate surface area is 834 Å². The first-order chi connectivity index (χ1) is 69.7. The number of hydrogen-bond donors (Lipinski definition) is 8. The van der Waals surface area contributed by atoms with Gasteiger partial charge in [0.1, 0.15) is 105 Å². The molecule has 17 aromatic rings. The van der Waals surface area contributed by atoms with Crippen LogP contribution in [-0.2, 0) is 53.4 Å². The molecule has 5 aliphatic rings. The van der Waals surface area contributed by atoms with Crippen molar-refractivity contribution < 1.29 is 4.79 Å². The first kappa shape index (κ1) is 95.7. The lowest BCUT2D eigenvalue weighted by atomic mass is 9.97. The van der Waals surface area contributed by atoms with Gasteiger partial charge in [0.2, 0.25) is 11.9 Å². The van der Waals surface area contributed by atoms with Gasteiger partial charge in [-0.1, -0.05) is 193 Å². The van der Waals surface area contributed by atoms with Crippen molar-refractivity contribution in [3.8, 4) is 28.3 Å². The minimum Gasteiger partial charge on any atom is -0.384 e. The number of nitrogens with two attached hydrogens (primary N) is 2. The van der Waals surface area contributed by atoms with Crippen LogP contribution in [0.4, 0.5) is 52.0 Å². The molecule has 10 N–H and O–H groups in total. The molecule has 4 atom stereocenters. The maximum Gasteiger partial charge on any atom is 0.332 e. The Morgan fingerprint density at radius 3 is 1.63 bits per heavy atom. The van der Waals surface area contributed by atoms with Gasteiger partial charge in [-0.05, 0) is 169 Å². The highest BCUT2D eigenvalue weighted by Crippen LogP contribution is 2.46. The number of carbonyl (C=O) groups excluding carboxylic acids is 1. The number of pyridine rings is 1. The number of anilines is 9. The zero-order valence-electron chi connectivity index (χ0n) is 81.4. The topological polar surface area (TPSA) is 425 Å². The predicted molar refractivity (Wildman–Crippen MR) is 563 cm³/mol. The van der Waals surface area contributed by atoms with E-state index in [0.29, 0.717) is 107 Å². The van der Waals surface area contributed by atoms with Gasteiger partial charge in [-0.15, -0.1) is 0 Å². The van der Waals surface area contributed by atoms with Crippen molar-refractivity contribution in [2.24, 2.45) is 39.9 Å². The fourth-order valence-electron chi connectivity index (χ4n) is 18.6. The summed E-state index contributed by atoms with van der Waals surface area (Å²) in [6.45, 7) is 15.0. The van der Waals surface area contributed by atoms with Crippen LogP contribution in [-0.4, -0.2) is 144 Å². The lowest BCUT2D eigenvalue weighted by molar-refractivity contribution is 0.0866. The van der Waals surface area contributed by atoms with Gasteiger partial charge in [0.25, 0.3) is 11.5 Å². The van der Waals surface area contributed by atoms with Crippen molar-refractivity contribution in [1.29, 1.82) is 10.8 Å². The summed E-state index contributed by atoms with van der Waals surface area (Å²) in [5.41, 5.74) is 26.3. The molecule has 0 bridgehead atoms. The van der Waals surface area contributed by atoms with Crippen LogP contribution in [0, 0.1) is 21.6 Å². The van der Waals surface area contributed by atoms with Crippen molar-refractivity contribution in [3.05, 3.63) is 368 Å². The number of thioether (sulfide) groups is 1.